The fourth-order valence-electron chi connectivity index (χ4n) is 10.5. The molecule has 0 bridgehead atoms. The summed E-state index contributed by atoms with van der Waals surface area (Å²) in [6.45, 7) is 17.8. The topological polar surface area (TPSA) is 69.9 Å². The average molecular weight is 475 g/mol. The molecule has 1 heterocycles. The van der Waals surface area contributed by atoms with E-state index in [2.05, 4.69) is 47.6 Å². The molecule has 0 radical (unpaired) electrons. The summed E-state index contributed by atoms with van der Waals surface area (Å²) < 4.78 is 6.65. The van der Waals surface area contributed by atoms with Crippen molar-refractivity contribution in [3.63, 3.8) is 0 Å². The Labute approximate surface area is 207 Å². The Balaban J connectivity index is 1.52. The quantitative estimate of drug-likeness (QED) is 0.454. The minimum Gasteiger partial charge on any atom is -0.393 e. The Kier molecular flexibility index (Phi) is 5.44. The summed E-state index contributed by atoms with van der Waals surface area (Å²) in [6, 6.07) is 0. The molecule has 5 aliphatic rings. The molecule has 4 aliphatic carbocycles. The highest BCUT2D eigenvalue weighted by Crippen LogP contribution is 2.74. The van der Waals surface area contributed by atoms with Crippen molar-refractivity contribution in [3.05, 3.63) is 11.6 Å². The lowest BCUT2D eigenvalue weighted by molar-refractivity contribution is -0.174. The Morgan fingerprint density at radius 3 is 2.21 bits per heavy atom. The van der Waals surface area contributed by atoms with E-state index < -0.39 is 11.2 Å². The molecule has 3 saturated carbocycles. The standard InChI is InChI=1S/C30H50O4/c1-25(2)21-10-9-19-18(27(21,5)14-12-22(25)32)11-15-28(6)24(20(31)17-29(19,28)7)30(8)16-13-23(34-30)26(3,4)33/h11,19-24,31-33H,9-10,12-17H2,1-8H3/t19?,20?,21?,22?,23?,24?,27?,28?,29-,30+/m0/s1. The molecule has 3 N–H and O–H groups in total. The summed E-state index contributed by atoms with van der Waals surface area (Å²) in [6.07, 6.45) is 9.59. The summed E-state index contributed by atoms with van der Waals surface area (Å²) in [4.78, 5) is 0. The van der Waals surface area contributed by atoms with Gasteiger partial charge in [-0.15, -0.1) is 0 Å². The van der Waals surface area contributed by atoms with Gasteiger partial charge in [-0.1, -0.05) is 46.3 Å². The second-order valence-corrected chi connectivity index (χ2v) is 15.0. The van der Waals surface area contributed by atoms with Crippen LogP contribution in [0.3, 0.4) is 0 Å². The number of hydrogen-bond acceptors (Lipinski definition) is 4. The third kappa shape index (κ3) is 3.10. The van der Waals surface area contributed by atoms with Gasteiger partial charge >= 0.3 is 0 Å². The van der Waals surface area contributed by atoms with Gasteiger partial charge in [0.15, 0.2) is 0 Å². The molecule has 5 rings (SSSR count). The van der Waals surface area contributed by atoms with E-state index in [0.717, 1.165) is 51.4 Å². The van der Waals surface area contributed by atoms with E-state index in [1.165, 1.54) is 0 Å². The molecule has 4 heteroatoms. The smallest absolute Gasteiger partial charge is 0.0865 e. The van der Waals surface area contributed by atoms with Crippen LogP contribution in [0.2, 0.25) is 0 Å². The van der Waals surface area contributed by atoms with Crippen LogP contribution in [0, 0.1) is 39.4 Å². The highest BCUT2D eigenvalue weighted by Gasteiger charge is 2.70. The molecule has 194 valence electrons. The zero-order chi connectivity index (χ0) is 25.1. The first-order valence-corrected chi connectivity index (χ1v) is 14.0. The molecule has 1 saturated heterocycles. The van der Waals surface area contributed by atoms with Gasteiger partial charge in [0.25, 0.3) is 0 Å². The fraction of sp³-hybridized carbons (Fsp3) is 0.933. The zero-order valence-electron chi connectivity index (χ0n) is 22.9. The maximum Gasteiger partial charge on any atom is 0.0865 e. The van der Waals surface area contributed by atoms with Crippen molar-refractivity contribution in [1.29, 1.82) is 0 Å². The molecule has 1 aliphatic heterocycles. The van der Waals surface area contributed by atoms with Crippen LogP contribution in [0.15, 0.2) is 11.6 Å². The monoisotopic (exact) mass is 474 g/mol. The minimum absolute atomic E-state index is 0.0224. The summed E-state index contributed by atoms with van der Waals surface area (Å²) in [5.74, 6) is 1.04. The molecule has 4 fully saturated rings. The number of hydrogen-bond donors (Lipinski definition) is 3. The van der Waals surface area contributed by atoms with E-state index >= 15 is 0 Å². The van der Waals surface area contributed by atoms with E-state index in [-0.39, 0.29) is 45.9 Å². The van der Waals surface area contributed by atoms with Crippen molar-refractivity contribution in [2.75, 3.05) is 0 Å². The average Bonchev–Trinajstić information content (AvgIpc) is 3.20. The van der Waals surface area contributed by atoms with Crippen LogP contribution in [0.25, 0.3) is 0 Å². The second-order valence-electron chi connectivity index (χ2n) is 15.0. The minimum atomic E-state index is -0.865. The van der Waals surface area contributed by atoms with Gasteiger partial charge in [-0.2, -0.15) is 0 Å². The largest absolute Gasteiger partial charge is 0.393 e. The predicted octanol–water partition coefficient (Wildman–Crippen LogP) is 5.63. The number of rotatable bonds is 2. The van der Waals surface area contributed by atoms with Gasteiger partial charge in [0.05, 0.1) is 29.5 Å². The summed E-state index contributed by atoms with van der Waals surface area (Å²) in [5, 5.41) is 33.2. The maximum atomic E-state index is 11.7. The molecule has 0 aromatic heterocycles. The number of aliphatic hydroxyl groups excluding tert-OH is 2. The van der Waals surface area contributed by atoms with E-state index in [4.69, 9.17) is 4.74 Å². The van der Waals surface area contributed by atoms with Gasteiger partial charge in [0.1, 0.15) is 0 Å². The number of aliphatic hydroxyl groups is 3. The molecule has 4 nitrogen and oxygen atoms in total. The van der Waals surface area contributed by atoms with Crippen LogP contribution in [-0.2, 0) is 4.74 Å². The van der Waals surface area contributed by atoms with Gasteiger partial charge < -0.3 is 20.1 Å². The van der Waals surface area contributed by atoms with Crippen molar-refractivity contribution < 1.29 is 20.1 Å². The number of allylic oxidation sites excluding steroid dienone is 2. The molecular weight excluding hydrogens is 424 g/mol. The van der Waals surface area contributed by atoms with Crippen LogP contribution in [0.4, 0.5) is 0 Å². The lowest BCUT2D eigenvalue weighted by Crippen LogP contribution is -2.58. The van der Waals surface area contributed by atoms with E-state index in [0.29, 0.717) is 11.8 Å². The van der Waals surface area contributed by atoms with E-state index in [9.17, 15) is 15.3 Å². The molecule has 10 atom stereocenters. The predicted molar refractivity (Wildman–Crippen MR) is 135 cm³/mol. The van der Waals surface area contributed by atoms with E-state index in [1.54, 1.807) is 5.57 Å². The molecule has 0 aromatic carbocycles. The van der Waals surface area contributed by atoms with Gasteiger partial charge in [-0.25, -0.2) is 0 Å². The normalized spacial score (nSPS) is 54.7. The lowest BCUT2D eigenvalue weighted by Gasteiger charge is -2.64. The summed E-state index contributed by atoms with van der Waals surface area (Å²) >= 11 is 0. The fourth-order valence-corrected chi connectivity index (χ4v) is 10.5. The van der Waals surface area contributed by atoms with Crippen molar-refractivity contribution in [2.24, 2.45) is 39.4 Å². The first-order chi connectivity index (χ1) is 15.5. The van der Waals surface area contributed by atoms with Crippen LogP contribution < -0.4 is 0 Å². The lowest BCUT2D eigenvalue weighted by atomic mass is 9.41. The summed E-state index contributed by atoms with van der Waals surface area (Å²) in [5.41, 5.74) is 0.402. The zero-order valence-corrected chi connectivity index (χ0v) is 22.9. The molecule has 0 aromatic rings. The molecule has 34 heavy (non-hydrogen) atoms. The number of ether oxygens (including phenoxy) is 1. The molecular formula is C30H50O4. The molecule has 0 amide bonds. The maximum absolute atomic E-state index is 11.7. The SMILES string of the molecule is CC(C)(O)C1CC[C@](C)(C2C(O)C[C@@]3(C)C4CCC5C(C)(CCC(O)C5(C)C)C4=CCC23C)O1. The molecule has 8 unspecified atom stereocenters. The Morgan fingerprint density at radius 2 is 1.59 bits per heavy atom. The van der Waals surface area contributed by atoms with Crippen molar-refractivity contribution in [2.45, 2.75) is 136 Å². The first kappa shape index (κ1) is 25.2. The van der Waals surface area contributed by atoms with Crippen LogP contribution in [0.1, 0.15) is 107 Å². The third-order valence-corrected chi connectivity index (χ3v) is 12.5. The van der Waals surface area contributed by atoms with Gasteiger partial charge in [0, 0.05) is 5.92 Å². The van der Waals surface area contributed by atoms with Crippen LogP contribution in [0.5, 0.6) is 0 Å². The highest BCUT2D eigenvalue weighted by atomic mass is 16.5. The number of fused-ring (bicyclic) bond motifs is 5. The highest BCUT2D eigenvalue weighted by molar-refractivity contribution is 5.34. The Morgan fingerprint density at radius 1 is 0.912 bits per heavy atom. The Bertz CT molecular complexity index is 872. The van der Waals surface area contributed by atoms with E-state index in [1.807, 2.05) is 13.8 Å². The van der Waals surface area contributed by atoms with Gasteiger partial charge in [-0.05, 0) is 106 Å². The van der Waals surface area contributed by atoms with Crippen LogP contribution in [-0.4, -0.2) is 44.8 Å². The Hall–Kier alpha value is -0.420. The first-order valence-electron chi connectivity index (χ1n) is 14.0. The third-order valence-electron chi connectivity index (χ3n) is 12.5. The van der Waals surface area contributed by atoms with Crippen molar-refractivity contribution in [1.82, 2.24) is 0 Å². The van der Waals surface area contributed by atoms with Crippen molar-refractivity contribution in [3.8, 4) is 0 Å². The van der Waals surface area contributed by atoms with Gasteiger partial charge in [0.2, 0.25) is 0 Å². The van der Waals surface area contributed by atoms with Crippen LogP contribution >= 0.6 is 0 Å². The summed E-state index contributed by atoms with van der Waals surface area (Å²) in [7, 11) is 0. The van der Waals surface area contributed by atoms with Gasteiger partial charge in [-0.3, -0.25) is 0 Å². The second kappa shape index (κ2) is 7.33. The van der Waals surface area contributed by atoms with Crippen molar-refractivity contribution >= 4 is 0 Å². The molecule has 0 spiro atoms.